The second-order valence-corrected chi connectivity index (χ2v) is 6.77. The Balaban J connectivity index is 1.53. The van der Waals surface area contributed by atoms with Gasteiger partial charge in [-0.05, 0) is 43.4 Å². The lowest BCUT2D eigenvalue weighted by Crippen LogP contribution is -2.26. The fourth-order valence-corrected chi connectivity index (χ4v) is 3.19. The molecule has 2 N–H and O–H groups in total. The summed E-state index contributed by atoms with van der Waals surface area (Å²) in [4.78, 5) is 19.8. The van der Waals surface area contributed by atoms with Crippen LogP contribution in [-0.4, -0.2) is 35.1 Å². The van der Waals surface area contributed by atoms with E-state index < -0.39 is 6.23 Å². The van der Waals surface area contributed by atoms with E-state index in [0.29, 0.717) is 18.6 Å². The van der Waals surface area contributed by atoms with Crippen molar-refractivity contribution >= 4 is 12.2 Å². The number of ether oxygens (including phenoxy) is 1. The minimum absolute atomic E-state index is 0.0180. The highest BCUT2D eigenvalue weighted by atomic mass is 16.5. The zero-order valence-corrected chi connectivity index (χ0v) is 14.2. The van der Waals surface area contributed by atoms with Crippen LogP contribution in [0.1, 0.15) is 31.4 Å². The van der Waals surface area contributed by atoms with Gasteiger partial charge in [0.25, 0.3) is 0 Å². The third-order valence-electron chi connectivity index (χ3n) is 4.86. The smallest absolute Gasteiger partial charge is 0.223 e. The van der Waals surface area contributed by atoms with E-state index >= 15 is 0 Å². The van der Waals surface area contributed by atoms with Crippen molar-refractivity contribution in [2.75, 3.05) is 11.9 Å². The summed E-state index contributed by atoms with van der Waals surface area (Å²) in [6, 6.07) is 10.5. The third-order valence-corrected chi connectivity index (χ3v) is 4.86. The van der Waals surface area contributed by atoms with Gasteiger partial charge in [0.2, 0.25) is 5.95 Å². The summed E-state index contributed by atoms with van der Waals surface area (Å²) >= 11 is 0. The minimum Gasteiger partial charge on any atom is -0.354 e. The number of hydrogen-bond donors (Lipinski definition) is 2. The zero-order chi connectivity index (χ0) is 17.2. The molecule has 3 atom stereocenters. The van der Waals surface area contributed by atoms with Gasteiger partial charge in [0, 0.05) is 17.8 Å². The molecule has 0 spiro atoms. The average molecular weight is 338 g/mol. The number of nitrogens with zero attached hydrogens (tertiary/aromatic N) is 2. The molecule has 2 aliphatic rings. The average Bonchev–Trinajstić information content (AvgIpc) is 3.39. The maximum Gasteiger partial charge on any atom is 0.223 e. The molecular formula is C19H22N4O2. The van der Waals surface area contributed by atoms with Crippen LogP contribution in [0.15, 0.2) is 36.5 Å². The first-order valence-electron chi connectivity index (χ1n) is 8.76. The summed E-state index contributed by atoms with van der Waals surface area (Å²) in [7, 11) is 0. The lowest BCUT2D eigenvalue weighted by atomic mass is 10.0. The summed E-state index contributed by atoms with van der Waals surface area (Å²) in [6.45, 7) is 2.67. The van der Waals surface area contributed by atoms with Gasteiger partial charge >= 0.3 is 0 Å². The second-order valence-electron chi connectivity index (χ2n) is 6.77. The molecule has 6 nitrogen and oxygen atoms in total. The van der Waals surface area contributed by atoms with Gasteiger partial charge in [0.1, 0.15) is 0 Å². The van der Waals surface area contributed by atoms with Crippen LogP contribution in [0.5, 0.6) is 0 Å². The largest absolute Gasteiger partial charge is 0.354 e. The Labute approximate surface area is 147 Å². The van der Waals surface area contributed by atoms with E-state index in [4.69, 9.17) is 4.74 Å². The van der Waals surface area contributed by atoms with E-state index in [0.717, 1.165) is 29.0 Å². The number of nitrogens with one attached hydrogen (secondary N) is 2. The van der Waals surface area contributed by atoms with Crippen LogP contribution in [0.4, 0.5) is 5.95 Å². The van der Waals surface area contributed by atoms with Crippen molar-refractivity contribution < 1.29 is 9.53 Å². The fourth-order valence-electron chi connectivity index (χ4n) is 3.19. The van der Waals surface area contributed by atoms with Crippen LogP contribution in [0.3, 0.4) is 0 Å². The number of aromatic nitrogens is 2. The van der Waals surface area contributed by atoms with Crippen molar-refractivity contribution in [3.63, 3.8) is 0 Å². The van der Waals surface area contributed by atoms with Gasteiger partial charge in [-0.15, -0.1) is 0 Å². The topological polar surface area (TPSA) is 76.1 Å². The first kappa shape index (κ1) is 16.2. The molecule has 1 aliphatic heterocycles. The molecule has 6 heteroatoms. The Kier molecular flexibility index (Phi) is 4.46. The Hall–Kier alpha value is -2.31. The molecule has 1 aromatic heterocycles. The lowest BCUT2D eigenvalue weighted by molar-refractivity contribution is -0.116. The second kappa shape index (κ2) is 6.90. The highest BCUT2D eigenvalue weighted by Gasteiger charge is 2.28. The van der Waals surface area contributed by atoms with Gasteiger partial charge < -0.3 is 10.1 Å². The molecule has 130 valence electrons. The molecule has 25 heavy (non-hydrogen) atoms. The molecule has 2 fully saturated rings. The van der Waals surface area contributed by atoms with Crippen LogP contribution in [0.25, 0.3) is 11.3 Å². The van der Waals surface area contributed by atoms with Crippen molar-refractivity contribution in [3.05, 3.63) is 42.1 Å². The molecule has 2 unspecified atom stereocenters. The highest BCUT2D eigenvalue weighted by molar-refractivity contribution is 5.61. The predicted molar refractivity (Wildman–Crippen MR) is 95.0 cm³/mol. The Morgan fingerprint density at radius 2 is 2.24 bits per heavy atom. The summed E-state index contributed by atoms with van der Waals surface area (Å²) < 4.78 is 5.39. The number of rotatable bonds is 6. The van der Waals surface area contributed by atoms with E-state index in [1.54, 1.807) is 6.20 Å². The van der Waals surface area contributed by atoms with Crippen LogP contribution >= 0.6 is 0 Å². The normalized spacial score (nSPS) is 24.0. The molecule has 4 rings (SSSR count). The molecule has 1 saturated heterocycles. The van der Waals surface area contributed by atoms with Crippen molar-refractivity contribution in [1.82, 2.24) is 15.3 Å². The third kappa shape index (κ3) is 3.70. The van der Waals surface area contributed by atoms with E-state index in [1.807, 2.05) is 24.3 Å². The summed E-state index contributed by atoms with van der Waals surface area (Å²) in [6.07, 6.45) is 4.62. The molecule has 2 heterocycles. The lowest BCUT2D eigenvalue weighted by Gasteiger charge is -2.14. The minimum atomic E-state index is -0.521. The first-order chi connectivity index (χ1) is 12.2. The van der Waals surface area contributed by atoms with Crippen LogP contribution in [0.2, 0.25) is 0 Å². The number of carbonyl (C=O) groups is 1. The molecule has 2 aromatic rings. The van der Waals surface area contributed by atoms with E-state index in [-0.39, 0.29) is 6.04 Å². The van der Waals surface area contributed by atoms with Crippen molar-refractivity contribution in [3.8, 4) is 11.3 Å². The SMILES string of the molecule is C[C@H](Nc1nccc(-c2cccc(C3COC(C=O)N3)c2)n1)C1CC1. The number of anilines is 1. The quantitative estimate of drug-likeness (QED) is 0.788. The number of aldehydes is 1. The van der Waals surface area contributed by atoms with Gasteiger partial charge in [-0.2, -0.15) is 0 Å². The molecule has 1 aromatic carbocycles. The van der Waals surface area contributed by atoms with Crippen LogP contribution in [0, 0.1) is 5.92 Å². The first-order valence-corrected chi connectivity index (χ1v) is 8.76. The molecule has 0 radical (unpaired) electrons. The highest BCUT2D eigenvalue weighted by Crippen LogP contribution is 2.33. The molecular weight excluding hydrogens is 316 g/mol. The molecule has 1 saturated carbocycles. The summed E-state index contributed by atoms with van der Waals surface area (Å²) in [5.41, 5.74) is 2.99. The Morgan fingerprint density at radius 3 is 3.00 bits per heavy atom. The number of benzene rings is 1. The summed E-state index contributed by atoms with van der Waals surface area (Å²) in [5, 5.41) is 6.56. The van der Waals surface area contributed by atoms with Crippen molar-refractivity contribution in [2.45, 2.75) is 38.1 Å². The van der Waals surface area contributed by atoms with Gasteiger partial charge in [-0.1, -0.05) is 18.2 Å². The molecule has 0 amide bonds. The van der Waals surface area contributed by atoms with E-state index in [2.05, 4.69) is 33.6 Å². The molecule has 1 aliphatic carbocycles. The van der Waals surface area contributed by atoms with E-state index in [1.165, 1.54) is 12.8 Å². The summed E-state index contributed by atoms with van der Waals surface area (Å²) in [5.74, 6) is 1.42. The van der Waals surface area contributed by atoms with Crippen LogP contribution < -0.4 is 10.6 Å². The maximum atomic E-state index is 10.8. The maximum absolute atomic E-state index is 10.8. The standard InChI is InChI=1S/C19H22N4O2/c1-12(13-5-6-13)21-19-20-8-7-16(23-19)14-3-2-4-15(9-14)17-11-25-18(10-24)22-17/h2-4,7-10,12-13,17-18,22H,5-6,11H2,1H3,(H,20,21,23)/t12-,17?,18?/m0/s1. The molecule has 0 bridgehead atoms. The van der Waals surface area contributed by atoms with Crippen LogP contribution in [-0.2, 0) is 9.53 Å². The number of carbonyl (C=O) groups excluding carboxylic acids is 1. The van der Waals surface area contributed by atoms with E-state index in [9.17, 15) is 4.79 Å². The predicted octanol–water partition coefficient (Wildman–Crippen LogP) is 2.54. The van der Waals surface area contributed by atoms with Crippen molar-refractivity contribution in [2.24, 2.45) is 5.92 Å². The van der Waals surface area contributed by atoms with Gasteiger partial charge in [-0.25, -0.2) is 9.97 Å². The Bertz CT molecular complexity index is 763. The van der Waals surface area contributed by atoms with Gasteiger partial charge in [-0.3, -0.25) is 10.1 Å². The Morgan fingerprint density at radius 1 is 1.36 bits per heavy atom. The van der Waals surface area contributed by atoms with Crippen molar-refractivity contribution in [1.29, 1.82) is 0 Å². The monoisotopic (exact) mass is 338 g/mol. The zero-order valence-electron chi connectivity index (χ0n) is 14.2. The van der Waals surface area contributed by atoms with Gasteiger partial charge in [0.15, 0.2) is 12.5 Å². The number of hydrogen-bond acceptors (Lipinski definition) is 6. The van der Waals surface area contributed by atoms with Gasteiger partial charge in [0.05, 0.1) is 18.3 Å². The fraction of sp³-hybridized carbons (Fsp3) is 0.421.